The molecule has 1 aromatic heterocycles. The van der Waals surface area contributed by atoms with Crippen LogP contribution in [0.1, 0.15) is 16.7 Å². The average Bonchev–Trinajstić information content (AvgIpc) is 3.14. The summed E-state index contributed by atoms with van der Waals surface area (Å²) in [6.07, 6.45) is 0.474. The van der Waals surface area contributed by atoms with Crippen LogP contribution < -0.4 is 15.5 Å². The van der Waals surface area contributed by atoms with Crippen molar-refractivity contribution < 1.29 is 10.2 Å². The van der Waals surface area contributed by atoms with E-state index in [1.807, 2.05) is 0 Å². The Labute approximate surface area is 203 Å². The number of H-pyrrole nitrogens is 1. The number of aromatic amines is 1. The quantitative estimate of drug-likeness (QED) is 0.304. The number of thiazole rings is 1. The second kappa shape index (κ2) is 12.6. The molecule has 1 atom stereocenters. The normalized spacial score (nSPS) is 15.2. The van der Waals surface area contributed by atoms with Crippen LogP contribution in [0.2, 0.25) is 0 Å². The Bertz CT molecular complexity index is 1050. The maximum atomic E-state index is 11.6. The lowest BCUT2D eigenvalue weighted by atomic mass is 10.1. The van der Waals surface area contributed by atoms with Crippen molar-refractivity contribution in [3.63, 3.8) is 0 Å². The molecule has 1 fully saturated rings. The van der Waals surface area contributed by atoms with Crippen LogP contribution in [-0.2, 0) is 19.4 Å². The highest BCUT2D eigenvalue weighted by Crippen LogP contribution is 2.28. The van der Waals surface area contributed by atoms with Gasteiger partial charge in [-0.1, -0.05) is 41.7 Å². The highest BCUT2D eigenvalue weighted by atomic mass is 35.5. The third-order valence-corrected chi connectivity index (χ3v) is 6.41. The summed E-state index contributed by atoms with van der Waals surface area (Å²) in [6, 6.07) is 12.0. The van der Waals surface area contributed by atoms with Crippen molar-refractivity contribution >= 4 is 46.4 Å². The monoisotopic (exact) mass is 500 g/mol. The van der Waals surface area contributed by atoms with Crippen molar-refractivity contribution in [3.05, 3.63) is 62.8 Å². The zero-order chi connectivity index (χ0) is 20.9. The first-order valence-corrected chi connectivity index (χ1v) is 11.2. The van der Waals surface area contributed by atoms with Crippen molar-refractivity contribution in [3.8, 4) is 5.75 Å². The maximum Gasteiger partial charge on any atom is 0.305 e. The lowest BCUT2D eigenvalue weighted by molar-refractivity contribution is 0.138. The van der Waals surface area contributed by atoms with Gasteiger partial charge < -0.3 is 20.5 Å². The molecule has 1 saturated heterocycles. The zero-order valence-electron chi connectivity index (χ0n) is 17.7. The third-order valence-electron chi connectivity index (χ3n) is 5.45. The predicted molar refractivity (Wildman–Crippen MR) is 135 cm³/mol. The number of halogens is 2. The number of aliphatic hydroxyl groups is 1. The Morgan fingerprint density at radius 3 is 2.66 bits per heavy atom. The molecule has 0 aliphatic carbocycles. The second-order valence-electron chi connectivity index (χ2n) is 7.73. The van der Waals surface area contributed by atoms with E-state index in [-0.39, 0.29) is 35.4 Å². The predicted octanol–water partition coefficient (Wildman–Crippen LogP) is 2.24. The molecule has 10 heteroatoms. The summed E-state index contributed by atoms with van der Waals surface area (Å²) < 4.78 is 0.696. The number of rotatable bonds is 8. The van der Waals surface area contributed by atoms with E-state index in [2.05, 4.69) is 44.8 Å². The minimum atomic E-state index is -0.723. The molecular formula is C22H30Cl2N4O3S. The van der Waals surface area contributed by atoms with Crippen LogP contribution in [0.3, 0.4) is 0 Å². The number of phenols is 1. The molecule has 5 N–H and O–H groups in total. The van der Waals surface area contributed by atoms with Crippen LogP contribution >= 0.6 is 36.2 Å². The minimum absolute atomic E-state index is 0. The summed E-state index contributed by atoms with van der Waals surface area (Å²) in [5, 5.41) is 26.8. The van der Waals surface area contributed by atoms with E-state index in [4.69, 9.17) is 0 Å². The number of piperazine rings is 1. The fourth-order valence-corrected chi connectivity index (χ4v) is 4.79. The first-order valence-electron chi connectivity index (χ1n) is 10.3. The van der Waals surface area contributed by atoms with Gasteiger partial charge in [0.1, 0.15) is 17.5 Å². The first-order chi connectivity index (χ1) is 14.6. The van der Waals surface area contributed by atoms with Crippen LogP contribution in [0.4, 0.5) is 0 Å². The molecule has 0 spiro atoms. The molecule has 32 heavy (non-hydrogen) atoms. The number of aromatic hydroxyl groups is 1. The van der Waals surface area contributed by atoms with Crippen LogP contribution in [0.15, 0.2) is 41.2 Å². The minimum Gasteiger partial charge on any atom is -0.506 e. The van der Waals surface area contributed by atoms with E-state index in [0.717, 1.165) is 56.0 Å². The Morgan fingerprint density at radius 1 is 1.12 bits per heavy atom. The molecule has 176 valence electrons. The van der Waals surface area contributed by atoms with Gasteiger partial charge in [-0.25, -0.2) is 0 Å². The topological polar surface area (TPSA) is 101 Å². The molecule has 1 aliphatic rings. The van der Waals surface area contributed by atoms with Gasteiger partial charge in [-0.2, -0.15) is 0 Å². The van der Waals surface area contributed by atoms with Gasteiger partial charge in [-0.3, -0.25) is 15.0 Å². The number of nitrogens with one attached hydrogen (secondary N) is 3. The van der Waals surface area contributed by atoms with Crippen molar-refractivity contribution in [1.82, 2.24) is 20.5 Å². The standard InChI is InChI=1S/C22H28N4O3S.2ClH/c27-18-5-4-17(21-20(18)25-22(29)30-21)13-19(28)24-7-6-15-2-1-3-16(12-15)14-26-10-8-23-9-11-26;;/h1-5,12,19,23-24,27-28H,6-11,13-14H2,(H,25,29);2*1H. The largest absolute Gasteiger partial charge is 0.506 e. The maximum absolute atomic E-state index is 11.6. The average molecular weight is 501 g/mol. The van der Waals surface area contributed by atoms with Gasteiger partial charge in [0.05, 0.1) is 4.70 Å². The molecule has 1 aliphatic heterocycles. The van der Waals surface area contributed by atoms with Gasteiger partial charge >= 0.3 is 4.87 Å². The van der Waals surface area contributed by atoms with Crippen LogP contribution in [-0.4, -0.2) is 59.0 Å². The number of aromatic nitrogens is 1. The van der Waals surface area contributed by atoms with Crippen molar-refractivity contribution in [2.45, 2.75) is 25.6 Å². The van der Waals surface area contributed by atoms with E-state index in [1.165, 1.54) is 11.1 Å². The fraction of sp³-hybridized carbons (Fsp3) is 0.409. The van der Waals surface area contributed by atoms with Gasteiger partial charge in [0, 0.05) is 45.7 Å². The van der Waals surface area contributed by atoms with Crippen molar-refractivity contribution in [2.75, 3.05) is 32.7 Å². The summed E-state index contributed by atoms with van der Waals surface area (Å²) >= 11 is 1.05. The number of benzene rings is 2. The Morgan fingerprint density at radius 2 is 1.88 bits per heavy atom. The Kier molecular flexibility index (Phi) is 10.4. The molecule has 7 nitrogen and oxygen atoms in total. The molecule has 3 aromatic rings. The molecule has 4 rings (SSSR count). The molecule has 0 saturated carbocycles. The molecule has 0 amide bonds. The highest BCUT2D eigenvalue weighted by Gasteiger charge is 2.13. The molecule has 0 bridgehead atoms. The Hall–Kier alpha value is -1.65. The number of nitrogens with zero attached hydrogens (tertiary/aromatic N) is 1. The van der Waals surface area contributed by atoms with Gasteiger partial charge in [0.15, 0.2) is 0 Å². The molecule has 2 aromatic carbocycles. The SMILES string of the molecule is Cl.Cl.O=c1[nH]c2c(O)ccc(CC(O)NCCc3cccc(CN4CCNCC4)c3)c2s1. The van der Waals surface area contributed by atoms with Crippen molar-refractivity contribution in [2.24, 2.45) is 0 Å². The lowest BCUT2D eigenvalue weighted by Crippen LogP contribution is -2.42. The second-order valence-corrected chi connectivity index (χ2v) is 8.72. The number of phenolic OH excluding ortho intramolecular Hbond substituents is 1. The summed E-state index contributed by atoms with van der Waals surface area (Å²) in [7, 11) is 0. The van der Waals surface area contributed by atoms with Gasteiger partial charge in [0.25, 0.3) is 0 Å². The van der Waals surface area contributed by atoms with Crippen molar-refractivity contribution in [1.29, 1.82) is 0 Å². The first kappa shape index (κ1) is 26.6. The van der Waals surface area contributed by atoms with E-state index < -0.39 is 6.23 Å². The third kappa shape index (κ3) is 6.92. The number of aliphatic hydroxyl groups excluding tert-OH is 1. The fourth-order valence-electron chi connectivity index (χ4n) is 3.91. The van der Waals surface area contributed by atoms with Crippen LogP contribution in [0, 0.1) is 0 Å². The van der Waals surface area contributed by atoms with E-state index >= 15 is 0 Å². The summed E-state index contributed by atoms with van der Waals surface area (Å²) in [5.74, 6) is 0.0512. The van der Waals surface area contributed by atoms with Crippen LogP contribution in [0.5, 0.6) is 5.75 Å². The van der Waals surface area contributed by atoms with Gasteiger partial charge in [-0.15, -0.1) is 24.8 Å². The molecular weight excluding hydrogens is 471 g/mol. The smallest absolute Gasteiger partial charge is 0.305 e. The summed E-state index contributed by atoms with van der Waals surface area (Å²) in [6.45, 7) is 5.89. The number of hydrogen-bond donors (Lipinski definition) is 5. The zero-order valence-corrected chi connectivity index (χ0v) is 20.1. The lowest BCUT2D eigenvalue weighted by Gasteiger charge is -2.27. The van der Waals surface area contributed by atoms with E-state index in [1.54, 1.807) is 12.1 Å². The van der Waals surface area contributed by atoms with E-state index in [0.29, 0.717) is 23.2 Å². The molecule has 2 heterocycles. The van der Waals surface area contributed by atoms with Gasteiger partial charge in [-0.05, 0) is 29.2 Å². The van der Waals surface area contributed by atoms with Crippen LogP contribution in [0.25, 0.3) is 10.2 Å². The van der Waals surface area contributed by atoms with E-state index in [9.17, 15) is 15.0 Å². The van der Waals surface area contributed by atoms with Gasteiger partial charge in [0.2, 0.25) is 0 Å². The molecule has 1 unspecified atom stereocenters. The highest BCUT2D eigenvalue weighted by molar-refractivity contribution is 7.16. The molecule has 0 radical (unpaired) electrons. The summed E-state index contributed by atoms with van der Waals surface area (Å²) in [4.78, 5) is 16.5. The number of hydrogen-bond acceptors (Lipinski definition) is 7. The Balaban J connectivity index is 0.00000181. The number of fused-ring (bicyclic) bond motifs is 1. The summed E-state index contributed by atoms with van der Waals surface area (Å²) in [5.41, 5.74) is 3.85.